The number of hydrogen-bond donors (Lipinski definition) is 13. The lowest BCUT2D eigenvalue weighted by molar-refractivity contribution is -0.143. The molecule has 0 spiro atoms. The second-order valence-corrected chi connectivity index (χ2v) is 21.2. The van der Waals surface area contributed by atoms with Crippen LogP contribution in [0, 0.1) is 5.92 Å². The number of nitrogens with zero attached hydrogens (tertiary/aromatic N) is 6. The fraction of sp³-hybridized carbons (Fsp3) is 0.483. The van der Waals surface area contributed by atoms with Crippen LogP contribution in [0.15, 0.2) is 94.0 Å². The Morgan fingerprint density at radius 3 is 1.69 bits per heavy atom. The van der Waals surface area contributed by atoms with E-state index >= 15 is 0 Å². The number of benzene rings is 3. The molecule has 10 amide bonds. The van der Waals surface area contributed by atoms with E-state index in [4.69, 9.17) is 44.7 Å². The zero-order valence-electron chi connectivity index (χ0n) is 49.9. The first-order valence-corrected chi connectivity index (χ1v) is 28.9. The van der Waals surface area contributed by atoms with Gasteiger partial charge in [-0.15, -0.1) is 0 Å². The first-order chi connectivity index (χ1) is 41.9. The first kappa shape index (κ1) is 70.5. The molecule has 19 N–H and O–H groups in total. The number of nitrogens with one attached hydrogen (secondary N) is 7. The van der Waals surface area contributed by atoms with Crippen LogP contribution in [0.25, 0.3) is 10.4 Å². The summed E-state index contributed by atoms with van der Waals surface area (Å²) < 4.78 is 5.58. The van der Waals surface area contributed by atoms with E-state index in [0.29, 0.717) is 41.2 Å². The molecule has 4 rings (SSSR count). The lowest BCUT2D eigenvalue weighted by Gasteiger charge is -2.31. The summed E-state index contributed by atoms with van der Waals surface area (Å²) in [6.07, 6.45) is 0.0271. The summed E-state index contributed by atoms with van der Waals surface area (Å²) in [6.45, 7) is 7.36. The van der Waals surface area contributed by atoms with Crippen molar-refractivity contribution in [3.05, 3.63) is 106 Å². The second kappa shape index (κ2) is 36.1. The number of primary amides is 2. The largest absolute Gasteiger partial charge is 0.494 e. The molecule has 1 saturated heterocycles. The van der Waals surface area contributed by atoms with Crippen LogP contribution >= 0.6 is 0 Å². The van der Waals surface area contributed by atoms with Gasteiger partial charge in [-0.25, -0.2) is 0 Å². The van der Waals surface area contributed by atoms with Crippen LogP contribution in [-0.4, -0.2) is 150 Å². The minimum Gasteiger partial charge on any atom is -0.494 e. The van der Waals surface area contributed by atoms with E-state index in [0.717, 1.165) is 0 Å². The third kappa shape index (κ3) is 23.8. The van der Waals surface area contributed by atoms with Gasteiger partial charge in [-0.1, -0.05) is 92.6 Å². The molecule has 3 aromatic carbocycles. The van der Waals surface area contributed by atoms with E-state index in [1.54, 1.807) is 87.5 Å². The third-order valence-corrected chi connectivity index (χ3v) is 14.0. The van der Waals surface area contributed by atoms with Gasteiger partial charge in [-0.05, 0) is 92.1 Å². The van der Waals surface area contributed by atoms with E-state index < -0.39 is 120 Å². The number of hydrogen-bond acceptors (Lipinski definition) is 14. The highest BCUT2D eigenvalue weighted by Gasteiger charge is 2.40. The van der Waals surface area contributed by atoms with Gasteiger partial charge >= 0.3 is 0 Å². The summed E-state index contributed by atoms with van der Waals surface area (Å²) in [4.78, 5) is 150. The van der Waals surface area contributed by atoms with Gasteiger partial charge in [0.25, 0.3) is 0 Å². The van der Waals surface area contributed by atoms with Gasteiger partial charge in [0.2, 0.25) is 59.1 Å². The van der Waals surface area contributed by atoms with Crippen molar-refractivity contribution in [3.8, 4) is 5.75 Å². The molecule has 0 bridgehead atoms. The Morgan fingerprint density at radius 2 is 1.14 bits per heavy atom. The van der Waals surface area contributed by atoms with Gasteiger partial charge < -0.3 is 81.3 Å². The quantitative estimate of drug-likeness (QED) is 0.00827. The maximum absolute atomic E-state index is 14.6. The summed E-state index contributed by atoms with van der Waals surface area (Å²) in [5.41, 5.74) is 43.9. The molecule has 0 unspecified atom stereocenters. The van der Waals surface area contributed by atoms with Crippen molar-refractivity contribution >= 4 is 76.7 Å². The number of nitrogens with two attached hydrogens (primary N) is 6. The SMILES string of the molecule is CCOc1ccc(C[C@@H](NC(=O)Cc2ccc(N=[N+]=[N-])cc2)C(=O)N[C@@H](Cc2ccccc2)C(=O)N[C@H](C(=O)N[C@@H](CC(N)=O)C(=O)N[C@@H](CC)C(=O)N2CCC[C@H]2C(=O)N[C@@H](CCCN=C(N)N)C(=O)N[C@@H](CCCN=C(N)N)C(N)=O)C(C)C)cc1. The molecule has 30 nitrogen and oxygen atoms in total. The van der Waals surface area contributed by atoms with Crippen molar-refractivity contribution in [1.82, 2.24) is 42.1 Å². The molecule has 476 valence electrons. The van der Waals surface area contributed by atoms with Crippen LogP contribution in [0.1, 0.15) is 95.8 Å². The normalized spacial score (nSPS) is 14.9. The van der Waals surface area contributed by atoms with Gasteiger partial charge in [-0.2, -0.15) is 0 Å². The summed E-state index contributed by atoms with van der Waals surface area (Å²) >= 11 is 0. The predicted octanol–water partition coefficient (Wildman–Crippen LogP) is -1.03. The Kier molecular flexibility index (Phi) is 28.9. The predicted molar refractivity (Wildman–Crippen MR) is 327 cm³/mol. The number of likely N-dealkylation sites (tertiary alicyclic amines) is 1. The van der Waals surface area contributed by atoms with Crippen LogP contribution in [0.3, 0.4) is 0 Å². The van der Waals surface area contributed by atoms with Gasteiger partial charge in [0.1, 0.15) is 54.1 Å². The van der Waals surface area contributed by atoms with Crippen molar-refractivity contribution in [2.75, 3.05) is 26.2 Å². The van der Waals surface area contributed by atoms with Crippen LogP contribution in [-0.2, 0) is 67.2 Å². The summed E-state index contributed by atoms with van der Waals surface area (Å²) in [6, 6.07) is 11.3. The van der Waals surface area contributed by atoms with Crippen LogP contribution in [0.2, 0.25) is 0 Å². The minimum atomic E-state index is -1.69. The van der Waals surface area contributed by atoms with Crippen LogP contribution in [0.5, 0.6) is 5.75 Å². The topological polar surface area (TPSA) is 497 Å². The fourth-order valence-corrected chi connectivity index (χ4v) is 9.50. The highest BCUT2D eigenvalue weighted by atomic mass is 16.5. The van der Waals surface area contributed by atoms with Gasteiger partial charge in [-0.3, -0.25) is 57.9 Å². The van der Waals surface area contributed by atoms with Crippen molar-refractivity contribution in [3.63, 3.8) is 0 Å². The zero-order chi connectivity index (χ0) is 64.9. The van der Waals surface area contributed by atoms with E-state index in [-0.39, 0.29) is 89.3 Å². The Balaban J connectivity index is 1.53. The highest BCUT2D eigenvalue weighted by molar-refractivity contribution is 5.99. The molecule has 1 aliphatic rings. The Labute approximate surface area is 509 Å². The molecule has 88 heavy (non-hydrogen) atoms. The Morgan fingerprint density at radius 1 is 0.614 bits per heavy atom. The molecule has 1 fully saturated rings. The number of amides is 10. The average Bonchev–Trinajstić information content (AvgIpc) is 3.54. The smallest absolute Gasteiger partial charge is 0.245 e. The van der Waals surface area contributed by atoms with Crippen molar-refractivity contribution in [2.45, 2.75) is 147 Å². The van der Waals surface area contributed by atoms with Gasteiger partial charge in [0.15, 0.2) is 11.9 Å². The van der Waals surface area contributed by atoms with Crippen LogP contribution in [0.4, 0.5) is 5.69 Å². The number of carbonyl (C=O) groups is 10. The molecule has 0 radical (unpaired) electrons. The molecule has 1 aliphatic heterocycles. The molecular weight excluding hydrogens is 1140 g/mol. The number of carbonyl (C=O) groups excluding carboxylic acids is 10. The van der Waals surface area contributed by atoms with Crippen molar-refractivity contribution in [2.24, 2.45) is 55.4 Å². The monoisotopic (exact) mass is 1220 g/mol. The highest BCUT2D eigenvalue weighted by Crippen LogP contribution is 2.21. The summed E-state index contributed by atoms with van der Waals surface area (Å²) in [5, 5.41) is 22.2. The van der Waals surface area contributed by atoms with Gasteiger partial charge in [0, 0.05) is 43.1 Å². The van der Waals surface area contributed by atoms with Gasteiger partial charge in [0.05, 0.1) is 19.4 Å². The number of aliphatic imine (C=N–C) groups is 2. The maximum atomic E-state index is 14.6. The molecule has 8 atom stereocenters. The summed E-state index contributed by atoms with van der Waals surface area (Å²) in [5.74, 6) is -8.51. The average molecular weight is 1220 g/mol. The Bertz CT molecular complexity index is 2990. The van der Waals surface area contributed by atoms with E-state index in [1.807, 2.05) is 6.92 Å². The molecule has 1 heterocycles. The summed E-state index contributed by atoms with van der Waals surface area (Å²) in [7, 11) is 0. The van der Waals surface area contributed by atoms with E-state index in [1.165, 1.54) is 17.0 Å². The molecule has 3 aromatic rings. The molecule has 0 aliphatic carbocycles. The molecule has 30 heteroatoms. The third-order valence-electron chi connectivity index (χ3n) is 14.0. The number of ether oxygens (including phenoxy) is 1. The van der Waals surface area contributed by atoms with E-state index in [9.17, 15) is 47.9 Å². The first-order valence-electron chi connectivity index (χ1n) is 28.9. The zero-order valence-corrected chi connectivity index (χ0v) is 49.9. The number of rotatable bonds is 36. The minimum absolute atomic E-state index is 0.00366. The Hall–Kier alpha value is -9.99. The number of azide groups is 1. The number of guanidine groups is 2. The molecule has 0 saturated carbocycles. The van der Waals surface area contributed by atoms with E-state index in [2.05, 4.69) is 57.2 Å². The standard InChI is InChI=1S/C58H83N19O11/c1-5-39(56(87)77-28-12-17-45(77)54(85)71-41(16-11-27-67-58(63)64)50(81)70-40(49(60)80)15-10-26-66-57(61)62)69-52(83)44(32-46(59)78)73-55(86)48(33(3)4)74-53(84)43(29-34-13-8-7-9-14-34)72-51(82)42(30-35-20-24-38(25-21-35)88-6-2)68-47(79)31-36-18-22-37(23-19-36)75-76-65/h7-9,13-14,18-25,33,39-45,48H,5-6,10-12,15-17,26-32H2,1-4H3,(H2,59,78)(H2,60,80)(H,68,79)(H,69,83)(H,70,81)(H,71,85)(H,72,82)(H,73,86)(H,74,84)(H4,61,62,66)(H4,63,64,67)/t39-,40-,41-,42+,43-,44-,45-,48-/m0/s1. The molecule has 0 aromatic heterocycles. The second-order valence-electron chi connectivity index (χ2n) is 21.2. The lowest BCUT2D eigenvalue weighted by atomic mass is 9.99. The van der Waals surface area contributed by atoms with Crippen molar-refractivity contribution in [1.29, 1.82) is 0 Å². The van der Waals surface area contributed by atoms with Crippen molar-refractivity contribution < 1.29 is 52.7 Å². The lowest BCUT2D eigenvalue weighted by Crippen LogP contribution is -2.61. The van der Waals surface area contributed by atoms with Crippen LogP contribution < -0.4 is 76.4 Å². The molecular formula is C58H83N19O11. The maximum Gasteiger partial charge on any atom is 0.245 e. The fourth-order valence-electron chi connectivity index (χ4n) is 9.50.